The molecule has 0 bridgehead atoms. The number of fused-ring (bicyclic) bond motifs is 1. The summed E-state index contributed by atoms with van der Waals surface area (Å²) in [5.41, 5.74) is 3.36. The number of halogens is 1. The molecule has 0 nitrogen and oxygen atoms in total. The molecule has 0 saturated heterocycles. The molecule has 1 aliphatic rings. The molecule has 0 aliphatic heterocycles. The molecule has 0 heterocycles. The second kappa shape index (κ2) is 3.31. The largest absolute Gasteiger partial charge is 0.207 e. The van der Waals surface area contributed by atoms with Gasteiger partial charge in [0.25, 0.3) is 0 Å². The molecule has 1 heteroatoms. The topological polar surface area (TPSA) is 0 Å². The van der Waals surface area contributed by atoms with Crippen LogP contribution in [0.5, 0.6) is 0 Å². The molecule has 0 aromatic heterocycles. The van der Waals surface area contributed by atoms with E-state index < -0.39 is 0 Å². The van der Waals surface area contributed by atoms with Crippen molar-refractivity contribution in [3.63, 3.8) is 0 Å². The lowest BCUT2D eigenvalue weighted by molar-refractivity contribution is 0.613. The van der Waals surface area contributed by atoms with E-state index in [1.807, 2.05) is 0 Å². The van der Waals surface area contributed by atoms with Gasteiger partial charge in [-0.15, -0.1) is 0 Å². The lowest BCUT2D eigenvalue weighted by atomic mass is 9.98. The van der Waals surface area contributed by atoms with E-state index in [9.17, 15) is 4.39 Å². The van der Waals surface area contributed by atoms with Gasteiger partial charge in [0, 0.05) is 0 Å². The highest BCUT2D eigenvalue weighted by atomic mass is 19.1. The Balaban J connectivity index is 2.30. The zero-order valence-corrected chi connectivity index (χ0v) is 9.68. The van der Waals surface area contributed by atoms with Crippen molar-refractivity contribution in [3.8, 4) is 0 Å². The molecule has 0 N–H and O–H groups in total. The SMILES string of the molecule is Cc1cc(C)c2cc(C3CC3)c(F)cc2c1. The van der Waals surface area contributed by atoms with Crippen LogP contribution in [0.2, 0.25) is 0 Å². The van der Waals surface area contributed by atoms with E-state index in [1.165, 1.54) is 16.5 Å². The third-order valence-corrected chi connectivity index (χ3v) is 3.44. The fraction of sp³-hybridized carbons (Fsp3) is 0.333. The second-order valence-corrected chi connectivity index (χ2v) is 4.95. The highest BCUT2D eigenvalue weighted by Gasteiger charge is 2.26. The molecule has 82 valence electrons. The number of rotatable bonds is 1. The fourth-order valence-corrected chi connectivity index (χ4v) is 2.48. The molecule has 1 aliphatic carbocycles. The molecule has 1 saturated carbocycles. The third-order valence-electron chi connectivity index (χ3n) is 3.44. The van der Waals surface area contributed by atoms with Gasteiger partial charge in [0.05, 0.1) is 0 Å². The molecule has 0 spiro atoms. The van der Waals surface area contributed by atoms with Crippen LogP contribution in [0.15, 0.2) is 24.3 Å². The van der Waals surface area contributed by atoms with Gasteiger partial charge in [0.2, 0.25) is 0 Å². The molecule has 3 rings (SSSR count). The minimum absolute atomic E-state index is 0.0278. The van der Waals surface area contributed by atoms with Crippen LogP contribution >= 0.6 is 0 Å². The molecule has 1 fully saturated rings. The van der Waals surface area contributed by atoms with Crippen LogP contribution < -0.4 is 0 Å². The monoisotopic (exact) mass is 214 g/mol. The predicted octanol–water partition coefficient (Wildman–Crippen LogP) is 4.47. The highest BCUT2D eigenvalue weighted by molar-refractivity contribution is 5.87. The Labute approximate surface area is 95.1 Å². The highest BCUT2D eigenvalue weighted by Crippen LogP contribution is 2.42. The van der Waals surface area contributed by atoms with Crippen LogP contribution in [-0.2, 0) is 0 Å². The average molecular weight is 214 g/mol. The molecule has 0 atom stereocenters. The van der Waals surface area contributed by atoms with Crippen molar-refractivity contribution in [1.82, 2.24) is 0 Å². The van der Waals surface area contributed by atoms with Crippen molar-refractivity contribution in [2.24, 2.45) is 0 Å². The Hall–Kier alpha value is -1.37. The van der Waals surface area contributed by atoms with Gasteiger partial charge >= 0.3 is 0 Å². The van der Waals surface area contributed by atoms with Crippen molar-refractivity contribution in [1.29, 1.82) is 0 Å². The van der Waals surface area contributed by atoms with Gasteiger partial charge in [-0.1, -0.05) is 17.7 Å². The summed E-state index contributed by atoms with van der Waals surface area (Å²) in [5, 5.41) is 2.23. The van der Waals surface area contributed by atoms with Gasteiger partial charge in [0.15, 0.2) is 0 Å². The second-order valence-electron chi connectivity index (χ2n) is 4.95. The van der Waals surface area contributed by atoms with E-state index in [-0.39, 0.29) is 5.82 Å². The Morgan fingerprint density at radius 2 is 1.81 bits per heavy atom. The van der Waals surface area contributed by atoms with Crippen molar-refractivity contribution >= 4 is 10.8 Å². The summed E-state index contributed by atoms with van der Waals surface area (Å²) in [7, 11) is 0. The van der Waals surface area contributed by atoms with Crippen molar-refractivity contribution in [2.45, 2.75) is 32.6 Å². The van der Waals surface area contributed by atoms with Crippen LogP contribution in [0.1, 0.15) is 35.4 Å². The molecule has 16 heavy (non-hydrogen) atoms. The lowest BCUT2D eigenvalue weighted by Crippen LogP contribution is -1.90. The molecule has 0 unspecified atom stereocenters. The van der Waals surface area contributed by atoms with Crippen molar-refractivity contribution in [2.75, 3.05) is 0 Å². The first-order valence-electron chi connectivity index (χ1n) is 5.85. The molecular formula is C15H15F. The maximum Gasteiger partial charge on any atom is 0.127 e. The van der Waals surface area contributed by atoms with E-state index in [4.69, 9.17) is 0 Å². The van der Waals surface area contributed by atoms with Gasteiger partial charge < -0.3 is 0 Å². The average Bonchev–Trinajstić information content (AvgIpc) is 2.99. The van der Waals surface area contributed by atoms with Crippen LogP contribution in [0.4, 0.5) is 4.39 Å². The van der Waals surface area contributed by atoms with Crippen LogP contribution in [0.3, 0.4) is 0 Å². The van der Waals surface area contributed by atoms with E-state index in [1.54, 1.807) is 6.07 Å². The number of benzene rings is 2. The summed E-state index contributed by atoms with van der Waals surface area (Å²) in [5.74, 6) is 0.449. The summed E-state index contributed by atoms with van der Waals surface area (Å²) < 4.78 is 13.9. The number of aryl methyl sites for hydroxylation is 2. The molecular weight excluding hydrogens is 199 g/mol. The van der Waals surface area contributed by atoms with Crippen LogP contribution in [0, 0.1) is 19.7 Å². The Bertz CT molecular complexity index is 565. The minimum atomic E-state index is -0.0278. The van der Waals surface area contributed by atoms with E-state index in [0.29, 0.717) is 5.92 Å². The normalized spacial score (nSPS) is 15.7. The zero-order chi connectivity index (χ0) is 11.3. The first-order valence-corrected chi connectivity index (χ1v) is 5.85. The van der Waals surface area contributed by atoms with E-state index >= 15 is 0 Å². The van der Waals surface area contributed by atoms with Gasteiger partial charge in [-0.2, -0.15) is 0 Å². The smallest absolute Gasteiger partial charge is 0.127 e. The van der Waals surface area contributed by atoms with E-state index in [0.717, 1.165) is 23.8 Å². The maximum atomic E-state index is 13.9. The summed E-state index contributed by atoms with van der Waals surface area (Å²) in [6, 6.07) is 7.97. The Morgan fingerprint density at radius 3 is 2.50 bits per heavy atom. The lowest BCUT2D eigenvalue weighted by Gasteiger charge is -2.08. The number of hydrogen-bond acceptors (Lipinski definition) is 0. The Morgan fingerprint density at radius 1 is 1.06 bits per heavy atom. The molecule has 0 amide bonds. The predicted molar refractivity (Wildman–Crippen MR) is 65.4 cm³/mol. The fourth-order valence-electron chi connectivity index (χ4n) is 2.48. The minimum Gasteiger partial charge on any atom is -0.207 e. The van der Waals surface area contributed by atoms with Crippen LogP contribution in [0.25, 0.3) is 10.8 Å². The molecule has 2 aromatic carbocycles. The van der Waals surface area contributed by atoms with Gasteiger partial charge in [-0.25, -0.2) is 4.39 Å². The standard InChI is InChI=1S/C15H15F/c1-9-5-10(2)13-8-14(11-3-4-11)15(16)7-12(13)6-9/h5-8,11H,3-4H2,1-2H3. The number of hydrogen-bond donors (Lipinski definition) is 0. The van der Waals surface area contributed by atoms with Gasteiger partial charge in [0.1, 0.15) is 5.82 Å². The maximum absolute atomic E-state index is 13.9. The van der Waals surface area contributed by atoms with Gasteiger partial charge in [-0.3, -0.25) is 0 Å². The Kier molecular flexibility index (Phi) is 2.03. The molecule has 0 radical (unpaired) electrons. The zero-order valence-electron chi connectivity index (χ0n) is 9.68. The quantitative estimate of drug-likeness (QED) is 0.657. The summed E-state index contributed by atoms with van der Waals surface area (Å²) in [6.45, 7) is 4.16. The summed E-state index contributed by atoms with van der Waals surface area (Å²) >= 11 is 0. The third kappa shape index (κ3) is 1.51. The van der Waals surface area contributed by atoms with Crippen molar-refractivity contribution in [3.05, 3.63) is 46.8 Å². The summed E-state index contributed by atoms with van der Waals surface area (Å²) in [6.07, 6.45) is 2.29. The van der Waals surface area contributed by atoms with E-state index in [2.05, 4.69) is 32.0 Å². The summed E-state index contributed by atoms with van der Waals surface area (Å²) in [4.78, 5) is 0. The van der Waals surface area contributed by atoms with Crippen molar-refractivity contribution < 1.29 is 4.39 Å². The van der Waals surface area contributed by atoms with Gasteiger partial charge in [-0.05, 0) is 66.6 Å². The van der Waals surface area contributed by atoms with Crippen LogP contribution in [-0.4, -0.2) is 0 Å². The first-order chi connectivity index (χ1) is 7.65. The first kappa shape index (κ1) is 9.83. The molecule has 2 aromatic rings.